The summed E-state index contributed by atoms with van der Waals surface area (Å²) in [5.74, 6) is 0. The van der Waals surface area contributed by atoms with E-state index in [1.165, 1.54) is 25.7 Å². The third-order valence-electron chi connectivity index (χ3n) is 3.18. The molecule has 0 atom stereocenters. The molecule has 1 fully saturated rings. The first-order chi connectivity index (χ1) is 7.36. The molecule has 3 heteroatoms. The smallest absolute Gasteiger partial charge is 0.0576 e. The summed E-state index contributed by atoms with van der Waals surface area (Å²) in [5, 5.41) is 3.34. The van der Waals surface area contributed by atoms with Crippen molar-refractivity contribution in [3.8, 4) is 0 Å². The zero-order chi connectivity index (χ0) is 10.9. The maximum Gasteiger partial charge on any atom is 0.0576 e. The average Bonchev–Trinajstić information content (AvgIpc) is 2.30. The first-order valence-electron chi connectivity index (χ1n) is 6.14. The number of unbranched alkanes of at least 4 members (excludes halogenated alkanes) is 1. The third-order valence-corrected chi connectivity index (χ3v) is 3.18. The van der Waals surface area contributed by atoms with E-state index in [0.717, 1.165) is 32.1 Å². The monoisotopic (exact) mass is 215 g/mol. The van der Waals surface area contributed by atoms with Crippen molar-refractivity contribution in [1.29, 1.82) is 0 Å². The fourth-order valence-electron chi connectivity index (χ4n) is 2.12. The second-order valence-corrected chi connectivity index (χ2v) is 4.33. The molecule has 0 aromatic carbocycles. The fourth-order valence-corrected chi connectivity index (χ4v) is 2.12. The van der Waals surface area contributed by atoms with Crippen LogP contribution < -0.4 is 5.32 Å². The van der Waals surface area contributed by atoms with Gasteiger partial charge in [0.15, 0.2) is 0 Å². The predicted octanol–water partition coefficient (Wildman–Crippen LogP) is 1.96. The van der Waals surface area contributed by atoms with Crippen LogP contribution in [0.2, 0.25) is 0 Å². The van der Waals surface area contributed by atoms with Crippen LogP contribution in [0.1, 0.15) is 38.5 Å². The molecular weight excluding hydrogens is 190 g/mol. The average molecular weight is 215 g/mol. The fraction of sp³-hybridized carbons (Fsp3) is 1.00. The molecule has 0 heterocycles. The summed E-state index contributed by atoms with van der Waals surface area (Å²) in [6.45, 7) is 1.76. The van der Waals surface area contributed by atoms with Crippen molar-refractivity contribution >= 4 is 0 Å². The van der Waals surface area contributed by atoms with Gasteiger partial charge in [0.25, 0.3) is 0 Å². The molecule has 0 spiro atoms. The Balaban J connectivity index is 1.94. The van der Waals surface area contributed by atoms with Gasteiger partial charge < -0.3 is 14.8 Å². The Kier molecular flexibility index (Phi) is 6.98. The Labute approximate surface area is 93.5 Å². The van der Waals surface area contributed by atoms with E-state index in [4.69, 9.17) is 9.47 Å². The summed E-state index contributed by atoms with van der Waals surface area (Å²) in [4.78, 5) is 0. The minimum Gasteiger partial charge on any atom is -0.385 e. The molecule has 1 aliphatic carbocycles. The molecule has 0 saturated heterocycles. The third kappa shape index (κ3) is 5.50. The first kappa shape index (κ1) is 12.9. The van der Waals surface area contributed by atoms with Gasteiger partial charge in [-0.25, -0.2) is 0 Å². The van der Waals surface area contributed by atoms with E-state index in [1.807, 2.05) is 0 Å². The minimum absolute atomic E-state index is 0.511. The van der Waals surface area contributed by atoms with Gasteiger partial charge >= 0.3 is 0 Å². The van der Waals surface area contributed by atoms with Crippen molar-refractivity contribution in [3.05, 3.63) is 0 Å². The van der Waals surface area contributed by atoms with Gasteiger partial charge in [0.2, 0.25) is 0 Å². The van der Waals surface area contributed by atoms with Crippen LogP contribution in [0.25, 0.3) is 0 Å². The van der Waals surface area contributed by atoms with Crippen LogP contribution in [0, 0.1) is 0 Å². The van der Waals surface area contributed by atoms with E-state index in [9.17, 15) is 0 Å². The SMILES string of the molecule is CNC1CCC(OCCCCOC)CC1. The van der Waals surface area contributed by atoms with Gasteiger partial charge in [-0.2, -0.15) is 0 Å². The molecule has 0 aromatic heterocycles. The summed E-state index contributed by atoms with van der Waals surface area (Å²) in [5.41, 5.74) is 0. The lowest BCUT2D eigenvalue weighted by Gasteiger charge is -2.28. The molecular formula is C12H25NO2. The quantitative estimate of drug-likeness (QED) is 0.659. The van der Waals surface area contributed by atoms with E-state index in [2.05, 4.69) is 12.4 Å². The summed E-state index contributed by atoms with van der Waals surface area (Å²) in [6, 6.07) is 0.721. The lowest BCUT2D eigenvalue weighted by atomic mass is 9.93. The standard InChI is InChI=1S/C12H25NO2/c1-13-11-5-7-12(8-6-11)15-10-4-3-9-14-2/h11-13H,3-10H2,1-2H3. The largest absolute Gasteiger partial charge is 0.385 e. The van der Waals surface area contributed by atoms with Crippen LogP contribution in [0.5, 0.6) is 0 Å². The molecule has 1 saturated carbocycles. The topological polar surface area (TPSA) is 30.5 Å². The number of hydrogen-bond donors (Lipinski definition) is 1. The van der Waals surface area contributed by atoms with Gasteiger partial charge in [0.05, 0.1) is 6.10 Å². The highest BCUT2D eigenvalue weighted by atomic mass is 16.5. The second kappa shape index (κ2) is 8.08. The van der Waals surface area contributed by atoms with Crippen LogP contribution >= 0.6 is 0 Å². The molecule has 0 bridgehead atoms. The number of ether oxygens (including phenoxy) is 2. The van der Waals surface area contributed by atoms with Crippen molar-refractivity contribution in [2.75, 3.05) is 27.4 Å². The van der Waals surface area contributed by atoms with Crippen molar-refractivity contribution in [2.24, 2.45) is 0 Å². The summed E-state index contributed by atoms with van der Waals surface area (Å²) < 4.78 is 10.8. The predicted molar refractivity (Wildman–Crippen MR) is 62.2 cm³/mol. The molecule has 15 heavy (non-hydrogen) atoms. The summed E-state index contributed by atoms with van der Waals surface area (Å²) in [7, 11) is 3.80. The Bertz CT molecular complexity index is 145. The highest BCUT2D eigenvalue weighted by Crippen LogP contribution is 2.21. The normalized spacial score (nSPS) is 26.8. The summed E-state index contributed by atoms with van der Waals surface area (Å²) in [6.07, 6.45) is 7.71. The zero-order valence-electron chi connectivity index (χ0n) is 10.1. The van der Waals surface area contributed by atoms with Crippen LogP contribution in [0.15, 0.2) is 0 Å². The molecule has 0 aromatic rings. The zero-order valence-corrected chi connectivity index (χ0v) is 10.1. The van der Waals surface area contributed by atoms with Gasteiger partial charge in [-0.15, -0.1) is 0 Å². The number of rotatable bonds is 7. The molecule has 0 radical (unpaired) electrons. The Hall–Kier alpha value is -0.120. The Morgan fingerprint density at radius 2 is 1.73 bits per heavy atom. The molecule has 0 unspecified atom stereocenters. The lowest BCUT2D eigenvalue weighted by Crippen LogP contribution is -2.33. The highest BCUT2D eigenvalue weighted by molar-refractivity contribution is 4.76. The molecule has 90 valence electrons. The number of methoxy groups -OCH3 is 1. The van der Waals surface area contributed by atoms with Gasteiger partial charge in [0.1, 0.15) is 0 Å². The lowest BCUT2D eigenvalue weighted by molar-refractivity contribution is 0.0190. The molecule has 3 nitrogen and oxygen atoms in total. The van der Waals surface area contributed by atoms with Gasteiger partial charge in [-0.05, 0) is 45.6 Å². The molecule has 0 amide bonds. The van der Waals surface area contributed by atoms with E-state index in [-0.39, 0.29) is 0 Å². The van der Waals surface area contributed by atoms with Crippen molar-refractivity contribution in [3.63, 3.8) is 0 Å². The van der Waals surface area contributed by atoms with E-state index >= 15 is 0 Å². The van der Waals surface area contributed by atoms with Crippen LogP contribution in [-0.2, 0) is 9.47 Å². The Morgan fingerprint density at radius 3 is 2.33 bits per heavy atom. The van der Waals surface area contributed by atoms with Gasteiger partial charge in [-0.1, -0.05) is 0 Å². The number of nitrogens with one attached hydrogen (secondary N) is 1. The maximum atomic E-state index is 5.84. The summed E-state index contributed by atoms with van der Waals surface area (Å²) >= 11 is 0. The first-order valence-corrected chi connectivity index (χ1v) is 6.14. The minimum atomic E-state index is 0.511. The molecule has 1 aliphatic rings. The molecule has 1 rings (SSSR count). The van der Waals surface area contributed by atoms with Crippen molar-refractivity contribution in [1.82, 2.24) is 5.32 Å². The second-order valence-electron chi connectivity index (χ2n) is 4.33. The van der Waals surface area contributed by atoms with E-state index in [1.54, 1.807) is 7.11 Å². The van der Waals surface area contributed by atoms with Gasteiger partial charge in [-0.3, -0.25) is 0 Å². The van der Waals surface area contributed by atoms with Gasteiger partial charge in [0, 0.05) is 26.4 Å². The van der Waals surface area contributed by atoms with Crippen molar-refractivity contribution in [2.45, 2.75) is 50.7 Å². The van der Waals surface area contributed by atoms with Crippen molar-refractivity contribution < 1.29 is 9.47 Å². The molecule has 1 N–H and O–H groups in total. The maximum absolute atomic E-state index is 5.84. The van der Waals surface area contributed by atoms with E-state index < -0.39 is 0 Å². The molecule has 0 aliphatic heterocycles. The van der Waals surface area contributed by atoms with Crippen LogP contribution in [-0.4, -0.2) is 39.5 Å². The highest BCUT2D eigenvalue weighted by Gasteiger charge is 2.19. The van der Waals surface area contributed by atoms with E-state index in [0.29, 0.717) is 6.10 Å². The Morgan fingerprint density at radius 1 is 1.07 bits per heavy atom. The number of hydrogen-bond acceptors (Lipinski definition) is 3. The van der Waals surface area contributed by atoms with Crippen LogP contribution in [0.3, 0.4) is 0 Å². The van der Waals surface area contributed by atoms with Crippen LogP contribution in [0.4, 0.5) is 0 Å².